The Morgan fingerprint density at radius 1 is 1.25 bits per heavy atom. The second-order valence-corrected chi connectivity index (χ2v) is 6.96. The van der Waals surface area contributed by atoms with Crippen LogP contribution < -0.4 is 5.32 Å². The van der Waals surface area contributed by atoms with Crippen LogP contribution in [0.15, 0.2) is 0 Å². The van der Waals surface area contributed by atoms with Crippen LogP contribution in [0.2, 0.25) is 0 Å². The van der Waals surface area contributed by atoms with Gasteiger partial charge in [-0.3, -0.25) is 9.59 Å². The van der Waals surface area contributed by atoms with Crippen molar-refractivity contribution in [3.8, 4) is 0 Å². The van der Waals surface area contributed by atoms with E-state index in [1.807, 2.05) is 27.7 Å². The zero-order valence-electron chi connectivity index (χ0n) is 12.6. The minimum Gasteiger partial charge on any atom is -0.462 e. The molecule has 6 nitrogen and oxygen atoms in total. The van der Waals surface area contributed by atoms with Gasteiger partial charge in [0.2, 0.25) is 0 Å². The number of esters is 2. The summed E-state index contributed by atoms with van der Waals surface area (Å²) < 4.78 is 9.40. The number of rotatable bonds is 6. The van der Waals surface area contributed by atoms with Crippen LogP contribution in [0.4, 0.5) is 4.79 Å². The van der Waals surface area contributed by atoms with E-state index in [2.05, 4.69) is 5.32 Å². The molecule has 0 aromatic heterocycles. The first-order valence-electron chi connectivity index (χ1n) is 6.49. The summed E-state index contributed by atoms with van der Waals surface area (Å²) in [5.74, 6) is -1.43. The summed E-state index contributed by atoms with van der Waals surface area (Å²) in [7, 11) is 0. The first kappa shape index (κ1) is 18.8. The largest absolute Gasteiger partial charge is 0.462 e. The summed E-state index contributed by atoms with van der Waals surface area (Å²) in [4.78, 5) is 34.4. The van der Waals surface area contributed by atoms with Gasteiger partial charge in [0.1, 0.15) is 0 Å². The molecular formula is C13H23NO5S. The highest BCUT2D eigenvalue weighted by atomic mass is 32.2. The minimum absolute atomic E-state index is 0.232. The average molecular weight is 305 g/mol. The maximum atomic E-state index is 11.7. The summed E-state index contributed by atoms with van der Waals surface area (Å²) in [6.45, 7) is 8.93. The molecule has 0 saturated heterocycles. The zero-order chi connectivity index (χ0) is 15.8. The van der Waals surface area contributed by atoms with Gasteiger partial charge in [-0.25, -0.2) is 4.79 Å². The molecule has 0 spiro atoms. The van der Waals surface area contributed by atoms with Crippen molar-refractivity contribution in [3.63, 3.8) is 0 Å². The zero-order valence-corrected chi connectivity index (χ0v) is 13.5. The number of carbonyl (C=O) groups is 3. The van der Waals surface area contributed by atoms with E-state index in [-0.39, 0.29) is 11.4 Å². The molecule has 1 unspecified atom stereocenters. The SMILES string of the molecule is CCCCOC(=O)C(NC(=O)SC(C)(C)C)OC(C)=O. The molecule has 0 rings (SSSR count). The summed E-state index contributed by atoms with van der Waals surface area (Å²) in [6, 6.07) is 0. The molecule has 1 amide bonds. The Balaban J connectivity index is 4.51. The van der Waals surface area contributed by atoms with Gasteiger partial charge < -0.3 is 14.8 Å². The lowest BCUT2D eigenvalue weighted by atomic mass is 10.3. The molecule has 0 aromatic rings. The molecule has 0 saturated carbocycles. The maximum Gasteiger partial charge on any atom is 0.369 e. The number of hydrogen-bond donors (Lipinski definition) is 1. The molecule has 1 atom stereocenters. The van der Waals surface area contributed by atoms with Gasteiger partial charge in [-0.15, -0.1) is 0 Å². The number of amides is 1. The van der Waals surface area contributed by atoms with E-state index in [4.69, 9.17) is 9.47 Å². The molecule has 116 valence electrons. The molecule has 0 aliphatic rings. The van der Waals surface area contributed by atoms with Gasteiger partial charge in [-0.05, 0) is 6.42 Å². The number of ether oxygens (including phenoxy) is 2. The van der Waals surface area contributed by atoms with Crippen molar-refractivity contribution in [2.45, 2.75) is 58.4 Å². The fourth-order valence-electron chi connectivity index (χ4n) is 1.11. The van der Waals surface area contributed by atoms with Gasteiger partial charge in [-0.1, -0.05) is 45.9 Å². The maximum absolute atomic E-state index is 11.7. The van der Waals surface area contributed by atoms with Crippen LogP contribution in [0, 0.1) is 0 Å². The molecule has 0 aliphatic heterocycles. The normalized spacial score (nSPS) is 12.4. The van der Waals surface area contributed by atoms with Gasteiger partial charge >= 0.3 is 11.9 Å². The minimum atomic E-state index is -1.40. The van der Waals surface area contributed by atoms with Crippen LogP contribution in [0.5, 0.6) is 0 Å². The van der Waals surface area contributed by atoms with Crippen molar-refractivity contribution in [2.75, 3.05) is 6.61 Å². The van der Waals surface area contributed by atoms with E-state index in [9.17, 15) is 14.4 Å². The number of unbranched alkanes of at least 4 members (excludes halogenated alkanes) is 1. The average Bonchev–Trinajstić information content (AvgIpc) is 2.25. The molecule has 0 bridgehead atoms. The highest BCUT2D eigenvalue weighted by Crippen LogP contribution is 2.23. The molecule has 1 N–H and O–H groups in total. The predicted octanol–water partition coefficient (Wildman–Crippen LogP) is 2.46. The van der Waals surface area contributed by atoms with Gasteiger partial charge in [0.15, 0.2) is 0 Å². The molecule has 0 fully saturated rings. The van der Waals surface area contributed by atoms with Crippen LogP contribution in [0.3, 0.4) is 0 Å². The van der Waals surface area contributed by atoms with Crippen molar-refractivity contribution in [3.05, 3.63) is 0 Å². The lowest BCUT2D eigenvalue weighted by Crippen LogP contribution is -2.44. The number of carbonyl (C=O) groups excluding carboxylic acids is 3. The molecule has 0 aliphatic carbocycles. The van der Waals surface area contributed by atoms with Crippen molar-refractivity contribution in [1.82, 2.24) is 5.32 Å². The van der Waals surface area contributed by atoms with Crippen molar-refractivity contribution >= 4 is 28.9 Å². The van der Waals surface area contributed by atoms with Crippen LogP contribution in [-0.4, -0.2) is 34.8 Å². The highest BCUT2D eigenvalue weighted by Gasteiger charge is 2.27. The van der Waals surface area contributed by atoms with Crippen LogP contribution in [-0.2, 0) is 19.1 Å². The summed E-state index contributed by atoms with van der Waals surface area (Å²) in [6.07, 6.45) is 0.188. The van der Waals surface area contributed by atoms with E-state index < -0.39 is 23.4 Å². The first-order chi connectivity index (χ1) is 9.15. The number of nitrogens with one attached hydrogen (secondary N) is 1. The number of hydrogen-bond acceptors (Lipinski definition) is 6. The quantitative estimate of drug-likeness (QED) is 0.461. The lowest BCUT2D eigenvalue weighted by molar-refractivity contribution is -0.168. The second kappa shape index (κ2) is 8.84. The monoisotopic (exact) mass is 305 g/mol. The highest BCUT2D eigenvalue weighted by molar-refractivity contribution is 8.14. The first-order valence-corrected chi connectivity index (χ1v) is 7.30. The Labute approximate surface area is 124 Å². The van der Waals surface area contributed by atoms with Crippen molar-refractivity contribution < 1.29 is 23.9 Å². The van der Waals surface area contributed by atoms with Gasteiger partial charge in [0.25, 0.3) is 11.5 Å². The summed E-state index contributed by atoms with van der Waals surface area (Å²) in [5.41, 5.74) is 0. The fraction of sp³-hybridized carbons (Fsp3) is 0.769. The summed E-state index contributed by atoms with van der Waals surface area (Å²) in [5, 5.41) is 1.89. The Morgan fingerprint density at radius 3 is 2.30 bits per heavy atom. The Morgan fingerprint density at radius 2 is 1.85 bits per heavy atom. The summed E-state index contributed by atoms with van der Waals surface area (Å²) >= 11 is 1.01. The van der Waals surface area contributed by atoms with Gasteiger partial charge in [-0.2, -0.15) is 0 Å². The Bertz CT molecular complexity index is 351. The molecule has 0 aromatic carbocycles. The third-order valence-electron chi connectivity index (χ3n) is 1.89. The van der Waals surface area contributed by atoms with Crippen LogP contribution in [0.1, 0.15) is 47.5 Å². The molecular weight excluding hydrogens is 282 g/mol. The van der Waals surface area contributed by atoms with E-state index >= 15 is 0 Å². The van der Waals surface area contributed by atoms with Crippen LogP contribution in [0.25, 0.3) is 0 Å². The Hall–Kier alpha value is -1.24. The Kier molecular flexibility index (Phi) is 8.29. The van der Waals surface area contributed by atoms with E-state index in [0.29, 0.717) is 6.42 Å². The lowest BCUT2D eigenvalue weighted by Gasteiger charge is -2.20. The molecule has 0 heterocycles. The third kappa shape index (κ3) is 9.66. The van der Waals surface area contributed by atoms with Gasteiger partial charge in [0, 0.05) is 11.7 Å². The van der Waals surface area contributed by atoms with E-state index in [0.717, 1.165) is 25.1 Å². The van der Waals surface area contributed by atoms with E-state index in [1.54, 1.807) is 0 Å². The van der Waals surface area contributed by atoms with E-state index in [1.165, 1.54) is 0 Å². The predicted molar refractivity (Wildman–Crippen MR) is 77.3 cm³/mol. The fourth-order valence-corrected chi connectivity index (χ4v) is 1.83. The van der Waals surface area contributed by atoms with Gasteiger partial charge in [0.05, 0.1) is 6.61 Å². The molecule has 7 heteroatoms. The second-order valence-electron chi connectivity index (χ2n) is 5.16. The van der Waals surface area contributed by atoms with Crippen molar-refractivity contribution in [2.24, 2.45) is 0 Å². The third-order valence-corrected chi connectivity index (χ3v) is 2.80. The molecule has 0 radical (unpaired) electrons. The standard InChI is InChI=1S/C13H23NO5S/c1-6-7-8-18-11(16)10(19-9(2)15)14-12(17)20-13(3,4)5/h10H,6-8H2,1-5H3,(H,14,17). The van der Waals surface area contributed by atoms with Crippen LogP contribution >= 0.6 is 11.8 Å². The van der Waals surface area contributed by atoms with Crippen molar-refractivity contribution in [1.29, 1.82) is 0 Å². The topological polar surface area (TPSA) is 81.7 Å². The molecule has 20 heavy (non-hydrogen) atoms. The smallest absolute Gasteiger partial charge is 0.369 e. The number of thioether (sulfide) groups is 1.